The lowest BCUT2D eigenvalue weighted by molar-refractivity contribution is 0.0185. The quantitative estimate of drug-likeness (QED) is 0.566. The Hall–Kier alpha value is -0.900. The fourth-order valence-electron chi connectivity index (χ4n) is 2.89. The van der Waals surface area contributed by atoms with Gasteiger partial charge >= 0.3 is 0 Å². The summed E-state index contributed by atoms with van der Waals surface area (Å²) >= 11 is 0. The summed E-state index contributed by atoms with van der Waals surface area (Å²) in [6.45, 7) is 7.29. The lowest BCUT2D eigenvalue weighted by Crippen LogP contribution is -2.39. The van der Waals surface area contributed by atoms with Crippen molar-refractivity contribution in [2.75, 3.05) is 6.61 Å². The minimum absolute atomic E-state index is 0.0922. The Morgan fingerprint density at radius 3 is 2.65 bits per heavy atom. The van der Waals surface area contributed by atoms with Crippen molar-refractivity contribution in [3.05, 3.63) is 35.4 Å². The molecule has 3 nitrogen and oxygen atoms in total. The van der Waals surface area contributed by atoms with Gasteiger partial charge in [0.1, 0.15) is 0 Å². The SMILES string of the molecule is CCOC(C1CC1)C(NN)c1cccc(CC(C)C)c1. The van der Waals surface area contributed by atoms with Gasteiger partial charge in [0.15, 0.2) is 0 Å². The average molecular weight is 276 g/mol. The Morgan fingerprint density at radius 2 is 2.10 bits per heavy atom. The van der Waals surface area contributed by atoms with Gasteiger partial charge in [-0.25, -0.2) is 0 Å². The highest BCUT2D eigenvalue weighted by Gasteiger charge is 2.37. The summed E-state index contributed by atoms with van der Waals surface area (Å²) in [6, 6.07) is 8.85. The van der Waals surface area contributed by atoms with Crippen molar-refractivity contribution in [2.24, 2.45) is 17.7 Å². The maximum Gasteiger partial charge on any atom is 0.0810 e. The lowest BCUT2D eigenvalue weighted by atomic mass is 9.94. The van der Waals surface area contributed by atoms with E-state index in [0.29, 0.717) is 11.8 Å². The molecule has 1 saturated carbocycles. The van der Waals surface area contributed by atoms with E-state index in [4.69, 9.17) is 10.6 Å². The molecule has 1 aliphatic carbocycles. The monoisotopic (exact) mass is 276 g/mol. The molecule has 0 spiro atoms. The van der Waals surface area contributed by atoms with E-state index in [1.807, 2.05) is 0 Å². The number of hydrogen-bond donors (Lipinski definition) is 2. The fourth-order valence-corrected chi connectivity index (χ4v) is 2.89. The summed E-state index contributed by atoms with van der Waals surface area (Å²) in [6.07, 6.45) is 3.82. The van der Waals surface area contributed by atoms with Gasteiger partial charge in [-0.1, -0.05) is 38.1 Å². The summed E-state index contributed by atoms with van der Waals surface area (Å²) < 4.78 is 5.95. The second-order valence-corrected chi connectivity index (χ2v) is 6.24. The molecule has 0 aliphatic heterocycles. The van der Waals surface area contributed by atoms with Crippen LogP contribution in [0.3, 0.4) is 0 Å². The predicted octanol–water partition coefficient (Wildman–Crippen LogP) is 3.20. The first-order valence-electron chi connectivity index (χ1n) is 7.82. The third kappa shape index (κ3) is 4.05. The van der Waals surface area contributed by atoms with E-state index < -0.39 is 0 Å². The summed E-state index contributed by atoms with van der Waals surface area (Å²) in [4.78, 5) is 0. The summed E-state index contributed by atoms with van der Waals surface area (Å²) in [5, 5.41) is 0. The first kappa shape index (κ1) is 15.5. The molecule has 20 heavy (non-hydrogen) atoms. The predicted molar refractivity (Wildman–Crippen MR) is 83.2 cm³/mol. The number of nitrogens with one attached hydrogen (secondary N) is 1. The van der Waals surface area contributed by atoms with Gasteiger partial charge in [0.2, 0.25) is 0 Å². The van der Waals surface area contributed by atoms with Gasteiger partial charge in [-0.2, -0.15) is 0 Å². The van der Waals surface area contributed by atoms with Crippen molar-refractivity contribution < 1.29 is 4.74 Å². The van der Waals surface area contributed by atoms with Crippen LogP contribution < -0.4 is 11.3 Å². The number of nitrogens with two attached hydrogens (primary N) is 1. The highest BCUT2D eigenvalue weighted by atomic mass is 16.5. The lowest BCUT2D eigenvalue weighted by Gasteiger charge is -2.27. The average Bonchev–Trinajstić information content (AvgIpc) is 3.22. The molecule has 3 N–H and O–H groups in total. The van der Waals surface area contributed by atoms with Crippen LogP contribution in [-0.2, 0) is 11.2 Å². The Labute approximate surface area is 122 Å². The standard InChI is InChI=1S/C17H28N2O/c1-4-20-17(14-8-9-14)16(19-18)15-7-5-6-13(11-15)10-12(2)3/h5-7,11-12,14,16-17,19H,4,8-10,18H2,1-3H3. The number of rotatable bonds is 8. The van der Waals surface area contributed by atoms with Crippen LogP contribution in [0, 0.1) is 11.8 Å². The molecule has 1 aromatic carbocycles. The molecule has 1 aromatic rings. The van der Waals surface area contributed by atoms with Crippen LogP contribution >= 0.6 is 0 Å². The zero-order valence-corrected chi connectivity index (χ0v) is 12.9. The van der Waals surface area contributed by atoms with Crippen molar-refractivity contribution in [3.8, 4) is 0 Å². The molecule has 0 radical (unpaired) electrons. The third-order valence-corrected chi connectivity index (χ3v) is 3.91. The molecular formula is C17H28N2O. The second kappa shape index (κ2) is 7.21. The zero-order chi connectivity index (χ0) is 14.5. The Morgan fingerprint density at radius 1 is 1.35 bits per heavy atom. The molecule has 0 amide bonds. The van der Waals surface area contributed by atoms with Crippen molar-refractivity contribution in [3.63, 3.8) is 0 Å². The summed E-state index contributed by atoms with van der Waals surface area (Å²) in [5.41, 5.74) is 5.60. The molecule has 2 rings (SSSR count). The number of benzene rings is 1. The summed E-state index contributed by atoms with van der Waals surface area (Å²) in [7, 11) is 0. The van der Waals surface area contributed by atoms with Crippen LogP contribution in [0.1, 0.15) is 50.8 Å². The largest absolute Gasteiger partial charge is 0.376 e. The van der Waals surface area contributed by atoms with Crippen LogP contribution in [-0.4, -0.2) is 12.7 Å². The molecule has 1 fully saturated rings. The smallest absolute Gasteiger partial charge is 0.0810 e. The van der Waals surface area contributed by atoms with E-state index in [0.717, 1.165) is 13.0 Å². The molecule has 0 saturated heterocycles. The number of hydrazine groups is 1. The molecule has 0 bridgehead atoms. The van der Waals surface area contributed by atoms with E-state index >= 15 is 0 Å². The first-order chi connectivity index (χ1) is 9.65. The maximum absolute atomic E-state index is 5.95. The summed E-state index contributed by atoms with van der Waals surface area (Å²) in [5.74, 6) is 7.15. The van der Waals surface area contributed by atoms with Gasteiger partial charge in [0.25, 0.3) is 0 Å². The fraction of sp³-hybridized carbons (Fsp3) is 0.647. The maximum atomic E-state index is 5.95. The second-order valence-electron chi connectivity index (χ2n) is 6.24. The Bertz CT molecular complexity index is 415. The van der Waals surface area contributed by atoms with E-state index in [1.54, 1.807) is 0 Å². The van der Waals surface area contributed by atoms with Gasteiger partial charge < -0.3 is 4.74 Å². The number of hydrogen-bond acceptors (Lipinski definition) is 3. The van der Waals surface area contributed by atoms with Gasteiger partial charge in [-0.3, -0.25) is 11.3 Å². The molecular weight excluding hydrogens is 248 g/mol. The van der Waals surface area contributed by atoms with Gasteiger partial charge in [0.05, 0.1) is 12.1 Å². The molecule has 2 atom stereocenters. The van der Waals surface area contributed by atoms with Gasteiger partial charge in [-0.05, 0) is 49.1 Å². The molecule has 0 aromatic heterocycles. The van der Waals surface area contributed by atoms with Gasteiger partial charge in [0, 0.05) is 6.61 Å². The van der Waals surface area contributed by atoms with Gasteiger partial charge in [-0.15, -0.1) is 0 Å². The molecule has 112 valence electrons. The molecule has 0 heterocycles. The van der Waals surface area contributed by atoms with Crippen LogP contribution in [0.4, 0.5) is 0 Å². The first-order valence-corrected chi connectivity index (χ1v) is 7.82. The molecule has 2 unspecified atom stereocenters. The van der Waals surface area contributed by atoms with E-state index in [-0.39, 0.29) is 12.1 Å². The number of ether oxygens (including phenoxy) is 1. The third-order valence-electron chi connectivity index (χ3n) is 3.91. The van der Waals surface area contributed by atoms with Crippen molar-refractivity contribution in [1.82, 2.24) is 5.43 Å². The van der Waals surface area contributed by atoms with Crippen LogP contribution in [0.15, 0.2) is 24.3 Å². The highest BCUT2D eigenvalue weighted by Crippen LogP contribution is 2.40. The van der Waals surface area contributed by atoms with Crippen molar-refractivity contribution in [1.29, 1.82) is 0 Å². The van der Waals surface area contributed by atoms with Crippen molar-refractivity contribution >= 4 is 0 Å². The van der Waals surface area contributed by atoms with E-state index in [1.165, 1.54) is 24.0 Å². The van der Waals surface area contributed by atoms with E-state index in [2.05, 4.69) is 50.5 Å². The molecule has 1 aliphatic rings. The zero-order valence-electron chi connectivity index (χ0n) is 12.9. The minimum atomic E-state index is 0.0922. The van der Waals surface area contributed by atoms with Crippen molar-refractivity contribution in [2.45, 2.75) is 52.2 Å². The molecule has 3 heteroatoms. The highest BCUT2D eigenvalue weighted by molar-refractivity contribution is 5.27. The van der Waals surface area contributed by atoms with Crippen LogP contribution in [0.5, 0.6) is 0 Å². The van der Waals surface area contributed by atoms with Crippen LogP contribution in [0.25, 0.3) is 0 Å². The van der Waals surface area contributed by atoms with E-state index in [9.17, 15) is 0 Å². The Balaban J connectivity index is 2.16. The topological polar surface area (TPSA) is 47.3 Å². The Kier molecular flexibility index (Phi) is 5.58. The normalized spacial score (nSPS) is 18.2. The van der Waals surface area contributed by atoms with Crippen LogP contribution in [0.2, 0.25) is 0 Å². The minimum Gasteiger partial charge on any atom is -0.376 e.